The summed E-state index contributed by atoms with van der Waals surface area (Å²) in [7, 11) is 0. The molecule has 0 spiro atoms. The van der Waals surface area contributed by atoms with Gasteiger partial charge in [-0.2, -0.15) is 0 Å². The van der Waals surface area contributed by atoms with Gasteiger partial charge in [0, 0.05) is 24.2 Å². The molecule has 19 heavy (non-hydrogen) atoms. The molecule has 104 valence electrons. The van der Waals surface area contributed by atoms with Crippen LogP contribution in [-0.2, 0) is 0 Å². The standard InChI is InChI=1S/C13H17ClN2O3/c1-4-9(3)15(5-2)13(17)10-6-7-12(16(18)19)11(14)8-10/h6-9H,4-5H2,1-3H3. The number of rotatable bonds is 5. The molecular weight excluding hydrogens is 268 g/mol. The second kappa shape index (κ2) is 6.52. The monoisotopic (exact) mass is 284 g/mol. The lowest BCUT2D eigenvalue weighted by Gasteiger charge is -2.27. The molecule has 0 aromatic heterocycles. The summed E-state index contributed by atoms with van der Waals surface area (Å²) in [5, 5.41) is 10.7. The molecular formula is C13H17ClN2O3. The highest BCUT2D eigenvalue weighted by Gasteiger charge is 2.21. The lowest BCUT2D eigenvalue weighted by molar-refractivity contribution is -0.384. The van der Waals surface area contributed by atoms with Crippen LogP contribution < -0.4 is 0 Å². The molecule has 0 saturated heterocycles. The minimum atomic E-state index is -0.567. The van der Waals surface area contributed by atoms with E-state index in [2.05, 4.69) is 0 Å². The Morgan fingerprint density at radius 1 is 1.47 bits per heavy atom. The number of nitro benzene ring substituents is 1. The number of carbonyl (C=O) groups excluding carboxylic acids is 1. The molecule has 1 atom stereocenters. The molecule has 0 N–H and O–H groups in total. The van der Waals surface area contributed by atoms with Gasteiger partial charge in [-0.1, -0.05) is 18.5 Å². The number of hydrogen-bond acceptors (Lipinski definition) is 3. The third-order valence-electron chi connectivity index (χ3n) is 3.12. The van der Waals surface area contributed by atoms with Crippen LogP contribution in [0.1, 0.15) is 37.6 Å². The first kappa shape index (κ1) is 15.4. The van der Waals surface area contributed by atoms with Crippen LogP contribution in [0.2, 0.25) is 5.02 Å². The largest absolute Gasteiger partial charge is 0.336 e. The number of nitro groups is 1. The van der Waals surface area contributed by atoms with Gasteiger partial charge in [0.05, 0.1) is 4.92 Å². The summed E-state index contributed by atoms with van der Waals surface area (Å²) >= 11 is 5.82. The van der Waals surface area contributed by atoms with Gasteiger partial charge in [-0.3, -0.25) is 14.9 Å². The Kier molecular flexibility index (Phi) is 5.30. The van der Waals surface area contributed by atoms with Crippen molar-refractivity contribution >= 4 is 23.2 Å². The topological polar surface area (TPSA) is 63.5 Å². The summed E-state index contributed by atoms with van der Waals surface area (Å²) in [5.74, 6) is -0.159. The highest BCUT2D eigenvalue weighted by molar-refractivity contribution is 6.33. The number of carbonyl (C=O) groups is 1. The maximum Gasteiger partial charge on any atom is 0.287 e. The highest BCUT2D eigenvalue weighted by atomic mass is 35.5. The fraction of sp³-hybridized carbons (Fsp3) is 0.462. The van der Waals surface area contributed by atoms with E-state index >= 15 is 0 Å². The maximum absolute atomic E-state index is 12.3. The Hall–Kier alpha value is -1.62. The van der Waals surface area contributed by atoms with Gasteiger partial charge in [-0.25, -0.2) is 0 Å². The van der Waals surface area contributed by atoms with Crippen LogP contribution in [0.3, 0.4) is 0 Å². The van der Waals surface area contributed by atoms with Crippen LogP contribution in [0.15, 0.2) is 18.2 Å². The Morgan fingerprint density at radius 2 is 2.11 bits per heavy atom. The van der Waals surface area contributed by atoms with Gasteiger partial charge < -0.3 is 4.90 Å². The van der Waals surface area contributed by atoms with E-state index in [-0.39, 0.29) is 22.7 Å². The van der Waals surface area contributed by atoms with Crippen LogP contribution in [0.25, 0.3) is 0 Å². The van der Waals surface area contributed by atoms with Gasteiger partial charge in [0.1, 0.15) is 5.02 Å². The van der Waals surface area contributed by atoms with Crippen LogP contribution >= 0.6 is 11.6 Å². The average Bonchev–Trinajstić information content (AvgIpc) is 2.38. The van der Waals surface area contributed by atoms with Crippen molar-refractivity contribution in [1.82, 2.24) is 4.90 Å². The van der Waals surface area contributed by atoms with Gasteiger partial charge in [-0.15, -0.1) is 0 Å². The van der Waals surface area contributed by atoms with Crippen LogP contribution in [0, 0.1) is 10.1 Å². The highest BCUT2D eigenvalue weighted by Crippen LogP contribution is 2.25. The fourth-order valence-electron chi connectivity index (χ4n) is 1.83. The zero-order valence-electron chi connectivity index (χ0n) is 11.2. The van der Waals surface area contributed by atoms with Crippen molar-refractivity contribution in [2.45, 2.75) is 33.2 Å². The Bertz CT molecular complexity index is 491. The fourth-order valence-corrected chi connectivity index (χ4v) is 2.08. The molecule has 0 aliphatic carbocycles. The molecule has 1 amide bonds. The molecule has 5 nitrogen and oxygen atoms in total. The summed E-state index contributed by atoms with van der Waals surface area (Å²) in [5.41, 5.74) is 0.183. The summed E-state index contributed by atoms with van der Waals surface area (Å²) in [4.78, 5) is 24.1. The van der Waals surface area contributed by atoms with E-state index in [1.165, 1.54) is 18.2 Å². The second-order valence-corrected chi connectivity index (χ2v) is 4.68. The van der Waals surface area contributed by atoms with Crippen molar-refractivity contribution in [2.75, 3.05) is 6.54 Å². The van der Waals surface area contributed by atoms with Gasteiger partial charge in [0.15, 0.2) is 0 Å². The number of benzene rings is 1. The molecule has 1 rings (SSSR count). The van der Waals surface area contributed by atoms with Crippen molar-refractivity contribution in [3.8, 4) is 0 Å². The average molecular weight is 285 g/mol. The smallest absolute Gasteiger partial charge is 0.287 e. The van der Waals surface area contributed by atoms with E-state index in [9.17, 15) is 14.9 Å². The molecule has 0 aliphatic rings. The molecule has 0 heterocycles. The summed E-state index contributed by atoms with van der Waals surface area (Å²) in [6.07, 6.45) is 0.848. The molecule has 0 bridgehead atoms. The normalized spacial score (nSPS) is 12.0. The van der Waals surface area contributed by atoms with Crippen LogP contribution in [0.4, 0.5) is 5.69 Å². The third-order valence-corrected chi connectivity index (χ3v) is 3.42. The predicted molar refractivity (Wildman–Crippen MR) is 74.6 cm³/mol. The Balaban J connectivity index is 3.06. The molecule has 1 aromatic carbocycles. The summed E-state index contributed by atoms with van der Waals surface area (Å²) < 4.78 is 0. The first-order valence-electron chi connectivity index (χ1n) is 6.17. The molecule has 0 aliphatic heterocycles. The summed E-state index contributed by atoms with van der Waals surface area (Å²) in [6, 6.07) is 4.18. The van der Waals surface area contributed by atoms with E-state index in [1.54, 1.807) is 4.90 Å². The zero-order chi connectivity index (χ0) is 14.6. The second-order valence-electron chi connectivity index (χ2n) is 4.27. The number of nitrogens with zero attached hydrogens (tertiary/aromatic N) is 2. The predicted octanol–water partition coefficient (Wildman–Crippen LogP) is 3.51. The molecule has 6 heteroatoms. The SMILES string of the molecule is CCC(C)N(CC)C(=O)c1ccc([N+](=O)[O-])c(Cl)c1. The van der Waals surface area contributed by atoms with E-state index in [4.69, 9.17) is 11.6 Å². The van der Waals surface area contributed by atoms with Crippen molar-refractivity contribution in [2.24, 2.45) is 0 Å². The number of hydrogen-bond donors (Lipinski definition) is 0. The third kappa shape index (κ3) is 3.44. The lowest BCUT2D eigenvalue weighted by atomic mass is 10.1. The molecule has 1 unspecified atom stereocenters. The molecule has 0 radical (unpaired) electrons. The van der Waals surface area contributed by atoms with E-state index in [0.717, 1.165) is 6.42 Å². The van der Waals surface area contributed by atoms with Crippen LogP contribution in [-0.4, -0.2) is 28.3 Å². The minimum absolute atomic E-state index is 0.0175. The Morgan fingerprint density at radius 3 is 2.53 bits per heavy atom. The van der Waals surface area contributed by atoms with Crippen molar-refractivity contribution in [1.29, 1.82) is 0 Å². The van der Waals surface area contributed by atoms with E-state index in [1.807, 2.05) is 20.8 Å². The van der Waals surface area contributed by atoms with Gasteiger partial charge >= 0.3 is 0 Å². The maximum atomic E-state index is 12.3. The quantitative estimate of drug-likeness (QED) is 0.614. The number of halogens is 1. The first-order valence-corrected chi connectivity index (χ1v) is 6.55. The van der Waals surface area contributed by atoms with E-state index in [0.29, 0.717) is 12.1 Å². The lowest BCUT2D eigenvalue weighted by Crippen LogP contribution is -2.38. The van der Waals surface area contributed by atoms with Crippen molar-refractivity contribution in [3.63, 3.8) is 0 Å². The minimum Gasteiger partial charge on any atom is -0.336 e. The molecule has 0 saturated carbocycles. The zero-order valence-corrected chi connectivity index (χ0v) is 12.0. The first-order chi connectivity index (χ1) is 8.92. The summed E-state index contributed by atoms with van der Waals surface area (Å²) in [6.45, 7) is 6.46. The molecule has 1 aromatic rings. The van der Waals surface area contributed by atoms with Gasteiger partial charge in [-0.05, 0) is 32.4 Å². The van der Waals surface area contributed by atoms with Gasteiger partial charge in [0.2, 0.25) is 0 Å². The van der Waals surface area contributed by atoms with E-state index < -0.39 is 4.92 Å². The Labute approximate surface area is 117 Å². The van der Waals surface area contributed by atoms with Crippen molar-refractivity contribution in [3.05, 3.63) is 38.9 Å². The van der Waals surface area contributed by atoms with Gasteiger partial charge in [0.25, 0.3) is 11.6 Å². The van der Waals surface area contributed by atoms with Crippen molar-refractivity contribution < 1.29 is 9.72 Å². The number of amides is 1. The van der Waals surface area contributed by atoms with Crippen LogP contribution in [0.5, 0.6) is 0 Å². The molecule has 0 fully saturated rings.